The summed E-state index contributed by atoms with van der Waals surface area (Å²) in [6.45, 7) is -0.583. The summed E-state index contributed by atoms with van der Waals surface area (Å²) in [7, 11) is 1.32. The number of hydrogen-bond acceptors (Lipinski definition) is 3. The van der Waals surface area contributed by atoms with Crippen molar-refractivity contribution in [1.29, 1.82) is 0 Å². The van der Waals surface area contributed by atoms with E-state index in [0.717, 1.165) is 11.5 Å². The largest absolute Gasteiger partial charge is 0.469 e. The molecule has 0 aliphatic carbocycles. The molecule has 0 aromatic rings. The highest BCUT2D eigenvalue weighted by atomic mass is 32.2. The SMILES string of the molecule is COC(=O)C1(CF)CCSCC1. The highest BCUT2D eigenvalue weighted by molar-refractivity contribution is 7.99. The van der Waals surface area contributed by atoms with Crippen molar-refractivity contribution in [3.63, 3.8) is 0 Å². The molecule has 0 spiro atoms. The van der Waals surface area contributed by atoms with Gasteiger partial charge in [0.2, 0.25) is 0 Å². The molecule has 1 aliphatic heterocycles. The smallest absolute Gasteiger partial charge is 0.314 e. The zero-order valence-corrected chi connectivity index (χ0v) is 7.95. The Hall–Kier alpha value is -0.250. The summed E-state index contributed by atoms with van der Waals surface area (Å²) < 4.78 is 17.3. The van der Waals surface area contributed by atoms with E-state index in [1.165, 1.54) is 7.11 Å². The Morgan fingerprint density at radius 1 is 1.58 bits per heavy atom. The minimum Gasteiger partial charge on any atom is -0.469 e. The first-order chi connectivity index (χ1) is 5.75. The first kappa shape index (κ1) is 9.84. The Morgan fingerprint density at radius 3 is 2.58 bits per heavy atom. The van der Waals surface area contributed by atoms with Gasteiger partial charge in [-0.2, -0.15) is 11.8 Å². The van der Waals surface area contributed by atoms with Crippen molar-refractivity contribution in [2.45, 2.75) is 12.8 Å². The molecule has 2 nitrogen and oxygen atoms in total. The fourth-order valence-corrected chi connectivity index (χ4v) is 2.65. The van der Waals surface area contributed by atoms with E-state index in [9.17, 15) is 9.18 Å². The number of hydrogen-bond donors (Lipinski definition) is 0. The van der Waals surface area contributed by atoms with Gasteiger partial charge in [0.1, 0.15) is 6.67 Å². The summed E-state index contributed by atoms with van der Waals surface area (Å²) >= 11 is 1.77. The quantitative estimate of drug-likeness (QED) is 0.622. The zero-order chi connectivity index (χ0) is 9.03. The fraction of sp³-hybridized carbons (Fsp3) is 0.875. The van der Waals surface area contributed by atoms with E-state index in [1.807, 2.05) is 0 Å². The van der Waals surface area contributed by atoms with E-state index < -0.39 is 12.1 Å². The Balaban J connectivity index is 2.66. The lowest BCUT2D eigenvalue weighted by atomic mass is 9.83. The van der Waals surface area contributed by atoms with Gasteiger partial charge in [-0.1, -0.05) is 0 Å². The molecule has 0 unspecified atom stereocenters. The molecule has 0 aromatic carbocycles. The third kappa shape index (κ3) is 1.73. The summed E-state index contributed by atoms with van der Waals surface area (Å²) in [5.74, 6) is 1.34. The number of alkyl halides is 1. The molecular weight excluding hydrogens is 179 g/mol. The van der Waals surface area contributed by atoms with E-state index >= 15 is 0 Å². The van der Waals surface area contributed by atoms with Gasteiger partial charge in [-0.3, -0.25) is 4.79 Å². The van der Waals surface area contributed by atoms with Gasteiger partial charge in [-0.05, 0) is 24.3 Å². The molecule has 1 rings (SSSR count). The van der Waals surface area contributed by atoms with Crippen LogP contribution < -0.4 is 0 Å². The van der Waals surface area contributed by atoms with Crippen LogP contribution in [0.1, 0.15) is 12.8 Å². The Morgan fingerprint density at radius 2 is 2.17 bits per heavy atom. The molecule has 0 amide bonds. The van der Waals surface area contributed by atoms with Crippen LogP contribution in [0.4, 0.5) is 4.39 Å². The first-order valence-electron chi connectivity index (χ1n) is 3.97. The zero-order valence-electron chi connectivity index (χ0n) is 7.14. The van der Waals surface area contributed by atoms with E-state index in [0.29, 0.717) is 12.8 Å². The normalized spacial score (nSPS) is 21.8. The average molecular weight is 192 g/mol. The molecule has 0 bridgehead atoms. The number of thioether (sulfide) groups is 1. The summed E-state index contributed by atoms with van der Waals surface area (Å²) in [6.07, 6.45) is 1.22. The monoisotopic (exact) mass is 192 g/mol. The molecule has 1 saturated heterocycles. The lowest BCUT2D eigenvalue weighted by Crippen LogP contribution is -2.38. The highest BCUT2D eigenvalue weighted by Gasteiger charge is 2.40. The maximum absolute atomic E-state index is 12.7. The number of halogens is 1. The van der Waals surface area contributed by atoms with Gasteiger partial charge in [0.05, 0.1) is 12.5 Å². The predicted octanol–water partition coefficient (Wildman–Crippen LogP) is 1.64. The van der Waals surface area contributed by atoms with Gasteiger partial charge in [-0.25, -0.2) is 4.39 Å². The van der Waals surface area contributed by atoms with Crippen molar-refractivity contribution in [1.82, 2.24) is 0 Å². The molecule has 70 valence electrons. The molecule has 0 aromatic heterocycles. The second-order valence-electron chi connectivity index (χ2n) is 3.02. The maximum atomic E-state index is 12.7. The van der Waals surface area contributed by atoms with Crippen LogP contribution in [0.2, 0.25) is 0 Å². The number of methoxy groups -OCH3 is 1. The van der Waals surface area contributed by atoms with Gasteiger partial charge in [0.15, 0.2) is 0 Å². The standard InChI is InChI=1S/C8H13FO2S/c1-11-7(10)8(6-9)2-4-12-5-3-8/h2-6H2,1H3. The van der Waals surface area contributed by atoms with Crippen LogP contribution in [-0.2, 0) is 9.53 Å². The van der Waals surface area contributed by atoms with Crippen molar-refractivity contribution in [3.05, 3.63) is 0 Å². The lowest BCUT2D eigenvalue weighted by Gasteiger charge is -2.31. The number of rotatable bonds is 2. The Kier molecular flexibility index (Phi) is 3.38. The Labute approximate surface area is 75.9 Å². The van der Waals surface area contributed by atoms with Gasteiger partial charge < -0.3 is 4.74 Å². The minimum absolute atomic E-state index is 0.384. The molecule has 12 heavy (non-hydrogen) atoms. The van der Waals surface area contributed by atoms with Crippen molar-refractivity contribution in [2.24, 2.45) is 5.41 Å². The second kappa shape index (κ2) is 4.12. The van der Waals surface area contributed by atoms with Crippen LogP contribution >= 0.6 is 11.8 Å². The third-order valence-electron chi connectivity index (χ3n) is 2.32. The van der Waals surface area contributed by atoms with Gasteiger partial charge in [0.25, 0.3) is 0 Å². The van der Waals surface area contributed by atoms with E-state index in [4.69, 9.17) is 0 Å². The van der Waals surface area contributed by atoms with Crippen LogP contribution in [0.25, 0.3) is 0 Å². The summed E-state index contributed by atoms with van der Waals surface area (Å²) in [5, 5.41) is 0. The van der Waals surface area contributed by atoms with E-state index in [-0.39, 0.29) is 5.97 Å². The Bertz CT molecular complexity index is 166. The molecule has 0 atom stereocenters. The second-order valence-corrected chi connectivity index (χ2v) is 4.24. The van der Waals surface area contributed by atoms with Crippen LogP contribution in [0.3, 0.4) is 0 Å². The van der Waals surface area contributed by atoms with Crippen LogP contribution in [0, 0.1) is 5.41 Å². The predicted molar refractivity (Wildman–Crippen MR) is 47.0 cm³/mol. The number of ether oxygens (including phenoxy) is 1. The molecule has 0 radical (unpaired) electrons. The van der Waals surface area contributed by atoms with Crippen molar-refractivity contribution < 1.29 is 13.9 Å². The number of esters is 1. The molecule has 0 N–H and O–H groups in total. The maximum Gasteiger partial charge on any atom is 0.314 e. The molecule has 1 fully saturated rings. The minimum atomic E-state index is -0.819. The van der Waals surface area contributed by atoms with Crippen LogP contribution in [-0.4, -0.2) is 31.3 Å². The third-order valence-corrected chi connectivity index (χ3v) is 3.31. The van der Waals surface area contributed by atoms with E-state index in [2.05, 4.69) is 4.74 Å². The summed E-state index contributed by atoms with van der Waals surface area (Å²) in [6, 6.07) is 0. The molecule has 0 saturated carbocycles. The van der Waals surface area contributed by atoms with Gasteiger partial charge >= 0.3 is 5.97 Å². The molecular formula is C8H13FO2S. The van der Waals surface area contributed by atoms with E-state index in [1.54, 1.807) is 11.8 Å². The molecule has 1 heterocycles. The average Bonchev–Trinajstić information content (AvgIpc) is 2.17. The highest BCUT2D eigenvalue weighted by Crippen LogP contribution is 2.36. The van der Waals surface area contributed by atoms with Crippen molar-refractivity contribution in [3.8, 4) is 0 Å². The summed E-state index contributed by atoms with van der Waals surface area (Å²) in [4.78, 5) is 11.2. The molecule has 1 aliphatic rings. The first-order valence-corrected chi connectivity index (χ1v) is 5.13. The summed E-state index contributed by atoms with van der Waals surface area (Å²) in [5.41, 5.74) is -0.819. The van der Waals surface area contributed by atoms with Crippen molar-refractivity contribution >= 4 is 17.7 Å². The molecule has 4 heteroatoms. The number of carbonyl (C=O) groups is 1. The number of carbonyl (C=O) groups excluding carboxylic acids is 1. The fourth-order valence-electron chi connectivity index (χ4n) is 1.37. The lowest BCUT2D eigenvalue weighted by molar-refractivity contribution is -0.154. The van der Waals surface area contributed by atoms with Crippen LogP contribution in [0.5, 0.6) is 0 Å². The topological polar surface area (TPSA) is 26.3 Å². The van der Waals surface area contributed by atoms with Gasteiger partial charge in [-0.15, -0.1) is 0 Å². The van der Waals surface area contributed by atoms with Crippen LogP contribution in [0.15, 0.2) is 0 Å². The van der Waals surface area contributed by atoms with Gasteiger partial charge in [0, 0.05) is 0 Å². The van der Waals surface area contributed by atoms with Crippen molar-refractivity contribution in [2.75, 3.05) is 25.3 Å².